The van der Waals surface area contributed by atoms with Gasteiger partial charge in [-0.05, 0) is 48.5 Å². The van der Waals surface area contributed by atoms with E-state index in [2.05, 4.69) is 10.2 Å². The summed E-state index contributed by atoms with van der Waals surface area (Å²) in [6.07, 6.45) is 1.59. The molecule has 4 rings (SSSR count). The number of hydrogen-bond donors (Lipinski definition) is 0. The summed E-state index contributed by atoms with van der Waals surface area (Å²) in [6, 6.07) is 16.7. The second-order valence-electron chi connectivity index (χ2n) is 6.72. The van der Waals surface area contributed by atoms with Gasteiger partial charge < -0.3 is 9.15 Å². The Morgan fingerprint density at radius 2 is 1.88 bits per heavy atom. The molecule has 2 heterocycles. The quantitative estimate of drug-likeness (QED) is 0.159. The number of carbonyl (C=O) groups is 1. The van der Waals surface area contributed by atoms with Crippen LogP contribution in [0.2, 0.25) is 0 Å². The Labute approximate surface area is 187 Å². The topological polar surface area (TPSA) is 113 Å². The number of aromatic nitrogens is 3. The Kier molecular flexibility index (Phi) is 6.31. The van der Waals surface area contributed by atoms with Crippen LogP contribution >= 0.6 is 11.8 Å². The maximum absolute atomic E-state index is 12.6. The number of methoxy groups -OCH3 is 1. The molecule has 0 aliphatic heterocycles. The van der Waals surface area contributed by atoms with Gasteiger partial charge in [0, 0.05) is 23.3 Å². The fourth-order valence-electron chi connectivity index (χ4n) is 3.03. The van der Waals surface area contributed by atoms with E-state index in [1.54, 1.807) is 19.4 Å². The molecule has 162 valence electrons. The molecule has 0 radical (unpaired) electrons. The number of ketones is 1. The van der Waals surface area contributed by atoms with Crippen molar-refractivity contribution in [2.75, 3.05) is 12.9 Å². The van der Waals surface area contributed by atoms with E-state index in [1.807, 2.05) is 34.9 Å². The highest BCUT2D eigenvalue weighted by atomic mass is 32.2. The van der Waals surface area contributed by atoms with Crippen LogP contribution < -0.4 is 4.74 Å². The normalized spacial score (nSPS) is 10.8. The van der Waals surface area contributed by atoms with Gasteiger partial charge in [0.25, 0.3) is 5.69 Å². The molecule has 4 aromatic rings. The van der Waals surface area contributed by atoms with Gasteiger partial charge in [-0.15, -0.1) is 10.2 Å². The number of Topliss-reactive ketones (excluding diaryl/α,β-unsaturated/α-hetero) is 1. The summed E-state index contributed by atoms with van der Waals surface area (Å²) in [5, 5.41) is 20.0. The van der Waals surface area contributed by atoms with E-state index in [0.29, 0.717) is 23.1 Å². The molecule has 0 aliphatic rings. The van der Waals surface area contributed by atoms with E-state index in [-0.39, 0.29) is 17.2 Å². The molecular weight excluding hydrogens is 432 g/mol. The van der Waals surface area contributed by atoms with Crippen LogP contribution in [0.25, 0.3) is 11.4 Å². The van der Waals surface area contributed by atoms with Gasteiger partial charge in [0.1, 0.15) is 11.5 Å². The van der Waals surface area contributed by atoms with Crippen molar-refractivity contribution in [2.24, 2.45) is 0 Å². The van der Waals surface area contributed by atoms with Crippen LogP contribution in [0.5, 0.6) is 5.75 Å². The number of rotatable bonds is 9. The summed E-state index contributed by atoms with van der Waals surface area (Å²) in [7, 11) is 1.60. The van der Waals surface area contributed by atoms with Crippen LogP contribution in [0.1, 0.15) is 16.1 Å². The smallest absolute Gasteiger partial charge is 0.269 e. The van der Waals surface area contributed by atoms with Crippen LogP contribution in [0.3, 0.4) is 0 Å². The Morgan fingerprint density at radius 1 is 1.12 bits per heavy atom. The number of thioether (sulfide) groups is 1. The number of benzene rings is 2. The molecule has 0 saturated carbocycles. The molecule has 32 heavy (non-hydrogen) atoms. The zero-order valence-electron chi connectivity index (χ0n) is 17.0. The number of furan rings is 1. The van der Waals surface area contributed by atoms with Gasteiger partial charge in [-0.25, -0.2) is 0 Å². The summed E-state index contributed by atoms with van der Waals surface area (Å²) in [5.41, 5.74) is 1.19. The summed E-state index contributed by atoms with van der Waals surface area (Å²) in [4.78, 5) is 22.9. The number of nitro benzene ring substituents is 1. The molecule has 0 aliphatic carbocycles. The number of hydrogen-bond acceptors (Lipinski definition) is 8. The summed E-state index contributed by atoms with van der Waals surface area (Å²) >= 11 is 1.25. The number of non-ortho nitro benzene ring substituents is 1. The molecule has 0 fully saturated rings. The predicted molar refractivity (Wildman–Crippen MR) is 118 cm³/mol. The first-order chi connectivity index (χ1) is 15.5. The molecule has 2 aromatic heterocycles. The van der Waals surface area contributed by atoms with Crippen molar-refractivity contribution in [3.63, 3.8) is 0 Å². The lowest BCUT2D eigenvalue weighted by Gasteiger charge is -2.09. The molecule has 0 amide bonds. The average molecular weight is 450 g/mol. The van der Waals surface area contributed by atoms with Gasteiger partial charge in [-0.2, -0.15) is 0 Å². The van der Waals surface area contributed by atoms with Gasteiger partial charge in [-0.3, -0.25) is 19.5 Å². The second-order valence-corrected chi connectivity index (χ2v) is 7.66. The Morgan fingerprint density at radius 3 is 2.50 bits per heavy atom. The molecule has 2 aromatic carbocycles. The van der Waals surface area contributed by atoms with Crippen molar-refractivity contribution < 1.29 is 18.9 Å². The van der Waals surface area contributed by atoms with Crippen molar-refractivity contribution in [1.82, 2.24) is 14.8 Å². The van der Waals surface area contributed by atoms with E-state index < -0.39 is 4.92 Å². The third-order valence-corrected chi connectivity index (χ3v) is 5.66. The van der Waals surface area contributed by atoms with Gasteiger partial charge in [-0.1, -0.05) is 11.8 Å². The van der Waals surface area contributed by atoms with Crippen molar-refractivity contribution in [3.05, 3.63) is 88.4 Å². The molecule has 10 heteroatoms. The van der Waals surface area contributed by atoms with Crippen LogP contribution in [-0.4, -0.2) is 38.3 Å². The molecular formula is C22H18N4O5S. The van der Waals surface area contributed by atoms with Crippen LogP contribution in [-0.2, 0) is 6.54 Å². The Hall–Kier alpha value is -3.92. The SMILES string of the molecule is COc1ccc(-c2nnc(SCC(=O)c3ccc([N+](=O)[O-])cc3)n2Cc2ccco2)cc1. The molecule has 0 saturated heterocycles. The van der Waals surface area contributed by atoms with Crippen molar-refractivity contribution in [2.45, 2.75) is 11.7 Å². The minimum atomic E-state index is -0.499. The van der Waals surface area contributed by atoms with Gasteiger partial charge in [0.2, 0.25) is 0 Å². The third-order valence-electron chi connectivity index (χ3n) is 4.69. The predicted octanol–water partition coefficient (Wildman–Crippen LogP) is 4.48. The van der Waals surface area contributed by atoms with Crippen molar-refractivity contribution in [1.29, 1.82) is 0 Å². The van der Waals surface area contributed by atoms with Gasteiger partial charge in [0.05, 0.1) is 30.6 Å². The van der Waals surface area contributed by atoms with Gasteiger partial charge in [0.15, 0.2) is 16.8 Å². The van der Waals surface area contributed by atoms with Crippen molar-refractivity contribution >= 4 is 23.2 Å². The minimum Gasteiger partial charge on any atom is -0.497 e. The summed E-state index contributed by atoms with van der Waals surface area (Å²) in [6.45, 7) is 0.398. The fraction of sp³-hybridized carbons (Fsp3) is 0.136. The highest BCUT2D eigenvalue weighted by molar-refractivity contribution is 7.99. The lowest BCUT2D eigenvalue weighted by atomic mass is 10.1. The maximum atomic E-state index is 12.6. The highest BCUT2D eigenvalue weighted by Crippen LogP contribution is 2.27. The first kappa shape index (κ1) is 21.3. The highest BCUT2D eigenvalue weighted by Gasteiger charge is 2.18. The summed E-state index contributed by atoms with van der Waals surface area (Å²) in [5.74, 6) is 2.03. The van der Waals surface area contributed by atoms with E-state index >= 15 is 0 Å². The Bertz CT molecular complexity index is 1220. The van der Waals surface area contributed by atoms with E-state index in [9.17, 15) is 14.9 Å². The zero-order valence-corrected chi connectivity index (χ0v) is 17.8. The van der Waals surface area contributed by atoms with E-state index in [1.165, 1.54) is 36.0 Å². The molecule has 0 spiro atoms. The number of nitrogens with zero attached hydrogens (tertiary/aromatic N) is 4. The molecule has 0 atom stereocenters. The monoisotopic (exact) mass is 450 g/mol. The van der Waals surface area contributed by atoms with Crippen LogP contribution in [0, 0.1) is 10.1 Å². The summed E-state index contributed by atoms with van der Waals surface area (Å²) < 4.78 is 12.6. The second kappa shape index (κ2) is 9.48. The maximum Gasteiger partial charge on any atom is 0.269 e. The first-order valence-corrected chi connectivity index (χ1v) is 10.5. The number of ether oxygens (including phenoxy) is 1. The van der Waals surface area contributed by atoms with Crippen LogP contribution in [0.15, 0.2) is 76.5 Å². The lowest BCUT2D eigenvalue weighted by molar-refractivity contribution is -0.384. The average Bonchev–Trinajstić information content (AvgIpc) is 3.48. The Balaban J connectivity index is 1.56. The lowest BCUT2D eigenvalue weighted by Crippen LogP contribution is -2.07. The number of nitro groups is 1. The molecule has 0 N–H and O–H groups in total. The molecule has 9 nitrogen and oxygen atoms in total. The van der Waals surface area contributed by atoms with E-state index in [0.717, 1.165) is 17.1 Å². The van der Waals surface area contributed by atoms with E-state index in [4.69, 9.17) is 9.15 Å². The van der Waals surface area contributed by atoms with Crippen LogP contribution in [0.4, 0.5) is 5.69 Å². The zero-order chi connectivity index (χ0) is 22.5. The number of carbonyl (C=O) groups excluding carboxylic acids is 1. The van der Waals surface area contributed by atoms with Gasteiger partial charge >= 0.3 is 0 Å². The first-order valence-electron chi connectivity index (χ1n) is 9.55. The standard InChI is InChI=1S/C22H18N4O5S/c1-30-18-10-6-16(7-11-18)21-23-24-22(25(21)13-19-3-2-12-31-19)32-14-20(27)15-4-8-17(9-5-15)26(28)29/h2-12H,13-14H2,1H3. The largest absolute Gasteiger partial charge is 0.497 e. The minimum absolute atomic E-state index is 0.0588. The third kappa shape index (κ3) is 4.70. The molecule has 0 unspecified atom stereocenters. The van der Waals surface area contributed by atoms with Crippen molar-refractivity contribution in [3.8, 4) is 17.1 Å². The fourth-order valence-corrected chi connectivity index (χ4v) is 3.86. The molecule has 0 bridgehead atoms.